The van der Waals surface area contributed by atoms with Crippen LogP contribution in [0.1, 0.15) is 25.8 Å². The molecule has 0 aliphatic carbocycles. The summed E-state index contributed by atoms with van der Waals surface area (Å²) in [5, 5.41) is 0.819. The molecule has 1 aromatic carbocycles. The number of benzene rings is 1. The number of hydrogen-bond acceptors (Lipinski definition) is 4. The maximum absolute atomic E-state index is 6.19. The van der Waals surface area contributed by atoms with E-state index < -0.39 is 5.54 Å². The second-order valence-corrected chi connectivity index (χ2v) is 5.77. The molecule has 1 heterocycles. The summed E-state index contributed by atoms with van der Waals surface area (Å²) in [5.41, 5.74) is 4.74. The Bertz CT molecular complexity index is 593. The number of nitrogens with one attached hydrogen (secondary N) is 1. The summed E-state index contributed by atoms with van der Waals surface area (Å²) in [4.78, 5) is 9.42. The summed E-state index contributed by atoms with van der Waals surface area (Å²) in [7, 11) is 1.48. The van der Waals surface area contributed by atoms with E-state index in [1.807, 2.05) is 13.8 Å². The van der Waals surface area contributed by atoms with E-state index >= 15 is 0 Å². The molecule has 7 heteroatoms. The van der Waals surface area contributed by atoms with Crippen LogP contribution in [-0.4, -0.2) is 18.5 Å². The molecule has 4 nitrogen and oxygen atoms in total. The highest BCUT2D eigenvalue weighted by molar-refractivity contribution is 6.39. The minimum Gasteiger partial charge on any atom is -0.440 e. The molecule has 0 fully saturated rings. The molecular formula is C14H15Cl3N2O2. The van der Waals surface area contributed by atoms with Crippen molar-refractivity contribution in [2.45, 2.75) is 25.8 Å². The Morgan fingerprint density at radius 3 is 2.43 bits per heavy atom. The lowest BCUT2D eigenvalue weighted by Crippen LogP contribution is -2.19. The number of ether oxygens (including phenoxy) is 1. The van der Waals surface area contributed by atoms with Crippen molar-refractivity contribution in [3.8, 4) is 0 Å². The van der Waals surface area contributed by atoms with Crippen molar-refractivity contribution >= 4 is 46.4 Å². The third-order valence-corrected chi connectivity index (χ3v) is 4.16. The molecule has 0 saturated heterocycles. The van der Waals surface area contributed by atoms with Crippen molar-refractivity contribution in [1.29, 1.82) is 0 Å². The maximum Gasteiger partial charge on any atom is 0.222 e. The average Bonchev–Trinajstić information content (AvgIpc) is 2.80. The van der Waals surface area contributed by atoms with Gasteiger partial charge < -0.3 is 4.74 Å². The van der Waals surface area contributed by atoms with Crippen LogP contribution in [0.15, 0.2) is 28.4 Å². The van der Waals surface area contributed by atoms with Gasteiger partial charge >= 0.3 is 0 Å². The third kappa shape index (κ3) is 3.14. The van der Waals surface area contributed by atoms with Crippen LogP contribution >= 0.6 is 34.8 Å². The van der Waals surface area contributed by atoms with Gasteiger partial charge in [0.1, 0.15) is 11.3 Å². The van der Waals surface area contributed by atoms with Crippen LogP contribution in [0.4, 0.5) is 5.69 Å². The summed E-state index contributed by atoms with van der Waals surface area (Å²) >= 11 is 18.2. The minimum absolute atomic E-state index is 0.409. The van der Waals surface area contributed by atoms with Gasteiger partial charge in [0.2, 0.25) is 5.90 Å². The van der Waals surface area contributed by atoms with Crippen LogP contribution in [0, 0.1) is 0 Å². The Hall–Kier alpha value is -0.940. The smallest absolute Gasteiger partial charge is 0.222 e. The molecule has 2 rings (SSSR count). The number of halogens is 3. The SMILES string of the molecule is CCC1(C)N=C(c2cc(Cl)c(NOC)c(Cl)c2)OC1=CCl. The zero-order chi connectivity index (χ0) is 15.6. The lowest BCUT2D eigenvalue weighted by Gasteiger charge is -2.16. The molecule has 1 unspecified atom stereocenters. The molecule has 1 atom stereocenters. The third-order valence-electron chi connectivity index (χ3n) is 3.37. The fourth-order valence-corrected chi connectivity index (χ4v) is 2.77. The normalized spacial score (nSPS) is 23.1. The van der Waals surface area contributed by atoms with Gasteiger partial charge in [0.15, 0.2) is 0 Å². The summed E-state index contributed by atoms with van der Waals surface area (Å²) in [5.74, 6) is 1.05. The van der Waals surface area contributed by atoms with Crippen LogP contribution in [0.5, 0.6) is 0 Å². The Balaban J connectivity index is 2.43. The molecule has 1 aliphatic heterocycles. The first-order valence-corrected chi connectivity index (χ1v) is 7.51. The highest BCUT2D eigenvalue weighted by Crippen LogP contribution is 2.37. The molecule has 1 N–H and O–H groups in total. The molecule has 1 aromatic rings. The molecular weight excluding hydrogens is 335 g/mol. The van der Waals surface area contributed by atoms with Gasteiger partial charge in [0, 0.05) is 11.1 Å². The standard InChI is InChI=1S/C14H15Cl3N2O2/c1-4-14(2)11(7-15)21-13(18-14)8-5-9(16)12(19-20-3)10(17)6-8/h5-7,19H,4H2,1-3H3. The number of aliphatic imine (C=N–C) groups is 1. The highest BCUT2D eigenvalue weighted by Gasteiger charge is 2.36. The van der Waals surface area contributed by atoms with Gasteiger partial charge in [0.25, 0.3) is 0 Å². The maximum atomic E-state index is 6.19. The van der Waals surface area contributed by atoms with E-state index in [1.54, 1.807) is 12.1 Å². The molecule has 0 spiro atoms. The predicted octanol–water partition coefficient (Wildman–Crippen LogP) is 4.99. The molecule has 114 valence electrons. The van der Waals surface area contributed by atoms with Gasteiger partial charge in [-0.25, -0.2) is 4.99 Å². The van der Waals surface area contributed by atoms with E-state index in [9.17, 15) is 0 Å². The van der Waals surface area contributed by atoms with E-state index in [4.69, 9.17) is 44.4 Å². The van der Waals surface area contributed by atoms with Crippen LogP contribution in [0.3, 0.4) is 0 Å². The molecule has 0 amide bonds. The largest absolute Gasteiger partial charge is 0.440 e. The van der Waals surface area contributed by atoms with Crippen LogP contribution in [0.2, 0.25) is 10.0 Å². The first-order chi connectivity index (χ1) is 9.95. The van der Waals surface area contributed by atoms with Gasteiger partial charge in [0.05, 0.1) is 22.8 Å². The van der Waals surface area contributed by atoms with Crippen LogP contribution in [-0.2, 0) is 9.57 Å². The summed E-state index contributed by atoms with van der Waals surface area (Å²) in [6.07, 6.45) is 0.764. The summed E-state index contributed by atoms with van der Waals surface area (Å²) in [6, 6.07) is 3.42. The van der Waals surface area contributed by atoms with Crippen molar-refractivity contribution in [3.05, 3.63) is 39.0 Å². The lowest BCUT2D eigenvalue weighted by molar-refractivity contribution is 0.271. The Kier molecular flexibility index (Phi) is 5.04. The fourth-order valence-electron chi connectivity index (χ4n) is 1.93. The number of anilines is 1. The molecule has 1 aliphatic rings. The van der Waals surface area contributed by atoms with Gasteiger partial charge in [-0.3, -0.25) is 10.3 Å². The zero-order valence-corrected chi connectivity index (χ0v) is 14.1. The number of hydrogen-bond donors (Lipinski definition) is 1. The highest BCUT2D eigenvalue weighted by atomic mass is 35.5. The number of rotatable bonds is 4. The Labute approximate surface area is 138 Å². The lowest BCUT2D eigenvalue weighted by atomic mass is 9.99. The average molecular weight is 350 g/mol. The van der Waals surface area contributed by atoms with Gasteiger partial charge in [-0.15, -0.1) is 0 Å². The molecule has 21 heavy (non-hydrogen) atoms. The van der Waals surface area contributed by atoms with Crippen molar-refractivity contribution in [1.82, 2.24) is 0 Å². The molecule has 0 aromatic heterocycles. The monoisotopic (exact) mass is 348 g/mol. The van der Waals surface area contributed by atoms with Crippen molar-refractivity contribution in [2.24, 2.45) is 4.99 Å². The quantitative estimate of drug-likeness (QED) is 0.778. The topological polar surface area (TPSA) is 42.9 Å². The van der Waals surface area contributed by atoms with E-state index in [0.717, 1.165) is 6.42 Å². The van der Waals surface area contributed by atoms with Crippen molar-refractivity contribution in [3.63, 3.8) is 0 Å². The summed E-state index contributed by atoms with van der Waals surface area (Å²) < 4.78 is 5.72. The second kappa shape index (κ2) is 6.44. The van der Waals surface area contributed by atoms with E-state index in [1.165, 1.54) is 12.6 Å². The van der Waals surface area contributed by atoms with Crippen molar-refractivity contribution < 1.29 is 9.57 Å². The van der Waals surface area contributed by atoms with E-state index in [2.05, 4.69) is 10.5 Å². The Morgan fingerprint density at radius 1 is 1.38 bits per heavy atom. The predicted molar refractivity (Wildman–Crippen MR) is 87.3 cm³/mol. The minimum atomic E-state index is -0.473. The van der Waals surface area contributed by atoms with Crippen molar-refractivity contribution in [2.75, 3.05) is 12.6 Å². The van der Waals surface area contributed by atoms with Gasteiger partial charge in [-0.2, -0.15) is 0 Å². The van der Waals surface area contributed by atoms with Crippen LogP contribution < -0.4 is 5.48 Å². The van der Waals surface area contributed by atoms with Gasteiger partial charge in [-0.1, -0.05) is 41.7 Å². The van der Waals surface area contributed by atoms with Gasteiger partial charge in [-0.05, 0) is 25.5 Å². The zero-order valence-electron chi connectivity index (χ0n) is 11.8. The Morgan fingerprint density at radius 2 is 2.00 bits per heavy atom. The van der Waals surface area contributed by atoms with E-state index in [0.29, 0.717) is 33.0 Å². The van der Waals surface area contributed by atoms with E-state index in [-0.39, 0.29) is 0 Å². The molecule has 0 radical (unpaired) electrons. The first kappa shape index (κ1) is 16.4. The van der Waals surface area contributed by atoms with Crippen LogP contribution in [0.25, 0.3) is 0 Å². The first-order valence-electron chi connectivity index (χ1n) is 6.32. The fraction of sp³-hybridized carbons (Fsp3) is 0.357. The molecule has 0 saturated carbocycles. The molecule has 0 bridgehead atoms. The number of nitrogens with zero attached hydrogens (tertiary/aromatic N) is 1. The summed E-state index contributed by atoms with van der Waals surface area (Å²) in [6.45, 7) is 3.97. The second-order valence-electron chi connectivity index (χ2n) is 4.74.